The van der Waals surface area contributed by atoms with Gasteiger partial charge in [-0.15, -0.1) is 0 Å². The van der Waals surface area contributed by atoms with E-state index in [9.17, 15) is 4.79 Å². The smallest absolute Gasteiger partial charge is 0.255 e. The maximum Gasteiger partial charge on any atom is 0.255 e. The third-order valence-electron chi connectivity index (χ3n) is 4.44. The van der Waals surface area contributed by atoms with Crippen molar-refractivity contribution in [1.29, 1.82) is 0 Å². The topological polar surface area (TPSA) is 49.3 Å². The highest BCUT2D eigenvalue weighted by Crippen LogP contribution is 2.23. The molecule has 3 heterocycles. The number of hydrogen-bond donors (Lipinski definition) is 0. The Labute approximate surface area is 143 Å². The number of nitrogens with zero attached hydrogens (tertiary/aromatic N) is 4. The van der Waals surface area contributed by atoms with Crippen LogP contribution in [0.2, 0.25) is 0 Å². The van der Waals surface area contributed by atoms with E-state index in [2.05, 4.69) is 35.9 Å². The van der Waals surface area contributed by atoms with E-state index in [4.69, 9.17) is 0 Å². The molecular formula is C19H24N4O. The summed E-state index contributed by atoms with van der Waals surface area (Å²) >= 11 is 0. The number of aryl methyl sites for hydroxylation is 1. The van der Waals surface area contributed by atoms with Crippen molar-refractivity contribution >= 4 is 5.91 Å². The average molecular weight is 324 g/mol. The molecule has 2 aromatic heterocycles. The Hall–Kier alpha value is -2.27. The second-order valence-corrected chi connectivity index (χ2v) is 6.54. The lowest BCUT2D eigenvalue weighted by molar-refractivity contribution is 0.0733. The summed E-state index contributed by atoms with van der Waals surface area (Å²) in [6.07, 6.45) is 7.30. The summed E-state index contributed by atoms with van der Waals surface area (Å²) < 4.78 is 0. The lowest BCUT2D eigenvalue weighted by atomic mass is 9.96. The zero-order valence-electron chi connectivity index (χ0n) is 14.6. The first-order valence-corrected chi connectivity index (χ1v) is 8.42. The molecule has 0 aromatic carbocycles. The van der Waals surface area contributed by atoms with Gasteiger partial charge in [0.05, 0.1) is 5.56 Å². The molecule has 0 atom stereocenters. The standard InChI is InChI=1S/C19H24N4O/c1-4-17-6-5-14(11-21-17)19(24)23-8-7-18-15(12-22(2)3)9-20-10-16(18)13-23/h5-6,9-11H,4,7-8,12-13H2,1-3H3. The minimum absolute atomic E-state index is 0.0498. The van der Waals surface area contributed by atoms with Crippen molar-refractivity contribution in [3.05, 3.63) is 58.7 Å². The van der Waals surface area contributed by atoms with Crippen molar-refractivity contribution in [3.8, 4) is 0 Å². The van der Waals surface area contributed by atoms with Gasteiger partial charge in [-0.25, -0.2) is 0 Å². The third-order valence-corrected chi connectivity index (χ3v) is 4.44. The Morgan fingerprint density at radius 1 is 1.25 bits per heavy atom. The zero-order chi connectivity index (χ0) is 17.1. The highest BCUT2D eigenvalue weighted by molar-refractivity contribution is 5.94. The predicted octanol–water partition coefficient (Wildman–Crippen LogP) is 2.30. The van der Waals surface area contributed by atoms with Crippen LogP contribution in [0.3, 0.4) is 0 Å². The van der Waals surface area contributed by atoms with Crippen LogP contribution in [-0.2, 0) is 25.9 Å². The summed E-state index contributed by atoms with van der Waals surface area (Å²) in [5, 5.41) is 0. The normalized spacial score (nSPS) is 13.9. The fourth-order valence-electron chi connectivity index (χ4n) is 3.16. The quantitative estimate of drug-likeness (QED) is 0.866. The molecule has 0 spiro atoms. The second kappa shape index (κ2) is 7.09. The monoisotopic (exact) mass is 324 g/mol. The van der Waals surface area contributed by atoms with Gasteiger partial charge in [0.25, 0.3) is 5.91 Å². The molecule has 5 heteroatoms. The Morgan fingerprint density at radius 2 is 2.08 bits per heavy atom. The lowest BCUT2D eigenvalue weighted by Gasteiger charge is -2.30. The molecule has 0 unspecified atom stereocenters. The fourth-order valence-corrected chi connectivity index (χ4v) is 3.16. The maximum absolute atomic E-state index is 12.7. The van der Waals surface area contributed by atoms with Crippen LogP contribution in [-0.4, -0.2) is 46.3 Å². The van der Waals surface area contributed by atoms with E-state index in [0.717, 1.165) is 37.2 Å². The van der Waals surface area contributed by atoms with Crippen LogP contribution in [0.15, 0.2) is 30.7 Å². The van der Waals surface area contributed by atoms with Gasteiger partial charge in [0.1, 0.15) is 0 Å². The van der Waals surface area contributed by atoms with Crippen LogP contribution in [0.1, 0.15) is 39.7 Å². The van der Waals surface area contributed by atoms with E-state index in [1.807, 2.05) is 29.4 Å². The molecule has 126 valence electrons. The van der Waals surface area contributed by atoms with Gasteiger partial charge in [-0.05, 0) is 55.8 Å². The van der Waals surface area contributed by atoms with E-state index >= 15 is 0 Å². The van der Waals surface area contributed by atoms with Gasteiger partial charge in [-0.1, -0.05) is 6.92 Å². The average Bonchev–Trinajstić information content (AvgIpc) is 2.60. The number of fused-ring (bicyclic) bond motifs is 1. The molecule has 3 rings (SSSR count). The molecule has 24 heavy (non-hydrogen) atoms. The van der Waals surface area contributed by atoms with Gasteiger partial charge in [-0.2, -0.15) is 0 Å². The van der Waals surface area contributed by atoms with Gasteiger partial charge in [0.15, 0.2) is 0 Å². The van der Waals surface area contributed by atoms with E-state index in [1.54, 1.807) is 6.20 Å². The molecule has 0 saturated carbocycles. The number of aromatic nitrogens is 2. The van der Waals surface area contributed by atoms with Crippen LogP contribution < -0.4 is 0 Å². The van der Waals surface area contributed by atoms with Gasteiger partial charge in [-0.3, -0.25) is 14.8 Å². The molecule has 0 saturated heterocycles. The molecule has 1 aliphatic heterocycles. The molecule has 5 nitrogen and oxygen atoms in total. The van der Waals surface area contributed by atoms with Gasteiger partial charge in [0.2, 0.25) is 0 Å². The van der Waals surface area contributed by atoms with E-state index in [-0.39, 0.29) is 5.91 Å². The van der Waals surface area contributed by atoms with E-state index in [1.165, 1.54) is 11.1 Å². The molecule has 0 fully saturated rings. The van der Waals surface area contributed by atoms with E-state index < -0.39 is 0 Å². The summed E-state index contributed by atoms with van der Waals surface area (Å²) in [6.45, 7) is 4.31. The fraction of sp³-hybridized carbons (Fsp3) is 0.421. The molecule has 2 aromatic rings. The molecule has 1 aliphatic rings. The first-order chi connectivity index (χ1) is 11.6. The number of rotatable bonds is 4. The van der Waals surface area contributed by atoms with Crippen LogP contribution in [0.5, 0.6) is 0 Å². The van der Waals surface area contributed by atoms with Gasteiger partial charge >= 0.3 is 0 Å². The highest BCUT2D eigenvalue weighted by atomic mass is 16.2. The molecule has 1 amide bonds. The molecule has 0 radical (unpaired) electrons. The summed E-state index contributed by atoms with van der Waals surface area (Å²) in [7, 11) is 4.12. The predicted molar refractivity (Wildman–Crippen MR) is 93.7 cm³/mol. The minimum Gasteiger partial charge on any atom is -0.334 e. The number of carbonyl (C=O) groups excluding carboxylic acids is 1. The third kappa shape index (κ3) is 3.46. The SMILES string of the molecule is CCc1ccc(C(=O)N2CCc3c(CN(C)C)cncc3C2)cn1. The summed E-state index contributed by atoms with van der Waals surface area (Å²) in [5.41, 5.74) is 5.44. The van der Waals surface area contributed by atoms with Crippen molar-refractivity contribution in [2.45, 2.75) is 32.9 Å². The molecular weight excluding hydrogens is 300 g/mol. The van der Waals surface area contributed by atoms with Gasteiger partial charge in [0, 0.05) is 43.9 Å². The van der Waals surface area contributed by atoms with Crippen molar-refractivity contribution in [2.75, 3.05) is 20.6 Å². The number of amides is 1. The van der Waals surface area contributed by atoms with Crippen molar-refractivity contribution in [2.24, 2.45) is 0 Å². The Kier molecular flexibility index (Phi) is 4.90. The molecule has 0 bridgehead atoms. The van der Waals surface area contributed by atoms with Crippen LogP contribution >= 0.6 is 0 Å². The van der Waals surface area contributed by atoms with Crippen molar-refractivity contribution < 1.29 is 4.79 Å². The maximum atomic E-state index is 12.7. The summed E-state index contributed by atoms with van der Waals surface area (Å²) in [5.74, 6) is 0.0498. The van der Waals surface area contributed by atoms with Crippen LogP contribution in [0, 0.1) is 0 Å². The Bertz CT molecular complexity index is 725. The largest absolute Gasteiger partial charge is 0.334 e. The second-order valence-electron chi connectivity index (χ2n) is 6.54. The summed E-state index contributed by atoms with van der Waals surface area (Å²) in [4.78, 5) is 25.5. The molecule has 0 aliphatic carbocycles. The van der Waals surface area contributed by atoms with E-state index in [0.29, 0.717) is 12.1 Å². The number of hydrogen-bond acceptors (Lipinski definition) is 4. The first-order valence-electron chi connectivity index (χ1n) is 8.42. The summed E-state index contributed by atoms with van der Waals surface area (Å²) in [6, 6.07) is 3.81. The van der Waals surface area contributed by atoms with Crippen molar-refractivity contribution in [3.63, 3.8) is 0 Å². The zero-order valence-corrected chi connectivity index (χ0v) is 14.6. The van der Waals surface area contributed by atoms with Crippen LogP contribution in [0.4, 0.5) is 0 Å². The first kappa shape index (κ1) is 16.6. The number of pyridine rings is 2. The van der Waals surface area contributed by atoms with Crippen LogP contribution in [0.25, 0.3) is 0 Å². The highest BCUT2D eigenvalue weighted by Gasteiger charge is 2.24. The number of carbonyl (C=O) groups is 1. The Balaban J connectivity index is 1.78. The Morgan fingerprint density at radius 3 is 2.75 bits per heavy atom. The van der Waals surface area contributed by atoms with Gasteiger partial charge < -0.3 is 9.80 Å². The minimum atomic E-state index is 0.0498. The van der Waals surface area contributed by atoms with Crippen molar-refractivity contribution in [1.82, 2.24) is 19.8 Å². The molecule has 0 N–H and O–H groups in total. The lowest BCUT2D eigenvalue weighted by Crippen LogP contribution is -2.36.